The van der Waals surface area contributed by atoms with Crippen molar-refractivity contribution in [3.63, 3.8) is 0 Å². The first-order chi connectivity index (χ1) is 23.7. The van der Waals surface area contributed by atoms with Gasteiger partial charge in [0.15, 0.2) is 5.69 Å². The Kier molecular flexibility index (Phi) is 6.22. The lowest BCUT2D eigenvalue weighted by atomic mass is 9.94. The van der Waals surface area contributed by atoms with Gasteiger partial charge in [-0.1, -0.05) is 103 Å². The SMILES string of the molecule is [C-]#[N+]c1cccc(-c2cccc(-c3cccc(C#N)c3)c2-n2c3ccccc3c3cc(-n4c5ccccc5c5ccccc54)ccc32)c1. The number of nitriles is 1. The van der Waals surface area contributed by atoms with Crippen molar-refractivity contribution in [3.05, 3.63) is 175 Å². The normalized spacial score (nSPS) is 11.3. The van der Waals surface area contributed by atoms with Crippen LogP contribution in [0.25, 0.3) is 82.1 Å². The summed E-state index contributed by atoms with van der Waals surface area (Å²) >= 11 is 0. The first-order valence-electron chi connectivity index (χ1n) is 15.9. The molecule has 0 unspecified atom stereocenters. The summed E-state index contributed by atoms with van der Waals surface area (Å²) < 4.78 is 4.72. The number of para-hydroxylation sites is 4. The Morgan fingerprint density at radius 3 is 1.67 bits per heavy atom. The molecule has 0 aliphatic carbocycles. The zero-order chi connectivity index (χ0) is 32.2. The Bertz CT molecular complexity index is 2690. The molecule has 9 rings (SSSR count). The van der Waals surface area contributed by atoms with Crippen molar-refractivity contribution in [2.45, 2.75) is 0 Å². The molecular weight excluding hydrogens is 585 g/mol. The molecule has 4 nitrogen and oxygen atoms in total. The van der Waals surface area contributed by atoms with Crippen molar-refractivity contribution < 1.29 is 0 Å². The van der Waals surface area contributed by atoms with Crippen molar-refractivity contribution in [1.29, 1.82) is 5.26 Å². The monoisotopic (exact) mass is 610 g/mol. The van der Waals surface area contributed by atoms with Gasteiger partial charge >= 0.3 is 0 Å². The van der Waals surface area contributed by atoms with E-state index in [1.807, 2.05) is 36.4 Å². The predicted molar refractivity (Wildman–Crippen MR) is 197 cm³/mol. The maximum atomic E-state index is 9.79. The van der Waals surface area contributed by atoms with Crippen LogP contribution in [0, 0.1) is 17.9 Å². The van der Waals surface area contributed by atoms with Gasteiger partial charge in [0.1, 0.15) is 0 Å². The Balaban J connectivity index is 1.38. The van der Waals surface area contributed by atoms with E-state index in [0.29, 0.717) is 11.3 Å². The third kappa shape index (κ3) is 4.14. The van der Waals surface area contributed by atoms with Gasteiger partial charge < -0.3 is 9.13 Å². The second kappa shape index (κ2) is 10.9. The fraction of sp³-hybridized carbons (Fsp3) is 0. The van der Waals surface area contributed by atoms with Gasteiger partial charge in [0.2, 0.25) is 0 Å². The summed E-state index contributed by atoms with van der Waals surface area (Å²) in [5.74, 6) is 0. The predicted octanol–water partition coefficient (Wildman–Crippen LogP) is 11.6. The van der Waals surface area contributed by atoms with E-state index in [2.05, 4.69) is 141 Å². The van der Waals surface area contributed by atoms with Crippen LogP contribution in [0.1, 0.15) is 5.56 Å². The Morgan fingerprint density at radius 1 is 0.479 bits per heavy atom. The van der Waals surface area contributed by atoms with Crippen molar-refractivity contribution in [3.8, 4) is 39.7 Å². The van der Waals surface area contributed by atoms with Crippen LogP contribution >= 0.6 is 0 Å². The molecule has 48 heavy (non-hydrogen) atoms. The van der Waals surface area contributed by atoms with Crippen LogP contribution in [0.2, 0.25) is 0 Å². The molecule has 0 aliphatic rings. The number of hydrogen-bond acceptors (Lipinski definition) is 1. The lowest BCUT2D eigenvalue weighted by Gasteiger charge is -2.19. The van der Waals surface area contributed by atoms with Crippen LogP contribution in [-0.4, -0.2) is 9.13 Å². The van der Waals surface area contributed by atoms with Crippen LogP contribution in [0.5, 0.6) is 0 Å². The van der Waals surface area contributed by atoms with Crippen molar-refractivity contribution in [2.75, 3.05) is 0 Å². The van der Waals surface area contributed by atoms with Crippen molar-refractivity contribution >= 4 is 49.3 Å². The van der Waals surface area contributed by atoms with Crippen molar-refractivity contribution in [1.82, 2.24) is 9.13 Å². The number of hydrogen-bond donors (Lipinski definition) is 0. The highest BCUT2D eigenvalue weighted by Crippen LogP contribution is 2.43. The molecule has 0 amide bonds. The highest BCUT2D eigenvalue weighted by atomic mass is 15.0. The molecule has 0 spiro atoms. The number of nitrogens with zero attached hydrogens (tertiary/aromatic N) is 4. The second-order valence-corrected chi connectivity index (χ2v) is 12.0. The summed E-state index contributed by atoms with van der Waals surface area (Å²) in [5, 5.41) is 14.5. The fourth-order valence-corrected chi connectivity index (χ4v) is 7.29. The Labute approximate surface area is 277 Å². The molecule has 0 atom stereocenters. The molecule has 0 radical (unpaired) electrons. The number of rotatable bonds is 4. The third-order valence-electron chi connectivity index (χ3n) is 9.34. The lowest BCUT2D eigenvalue weighted by Crippen LogP contribution is -2.01. The highest BCUT2D eigenvalue weighted by Gasteiger charge is 2.21. The Hall–Kier alpha value is -6.88. The van der Waals surface area contributed by atoms with Gasteiger partial charge in [-0.25, -0.2) is 4.85 Å². The van der Waals surface area contributed by atoms with Gasteiger partial charge in [-0.2, -0.15) is 5.26 Å². The third-order valence-corrected chi connectivity index (χ3v) is 9.34. The van der Waals surface area contributed by atoms with Gasteiger partial charge in [0, 0.05) is 38.4 Å². The zero-order valence-electron chi connectivity index (χ0n) is 25.8. The molecule has 0 N–H and O–H groups in total. The van der Waals surface area contributed by atoms with E-state index in [-0.39, 0.29) is 0 Å². The minimum absolute atomic E-state index is 0.591. The largest absolute Gasteiger partial charge is 0.309 e. The number of fused-ring (bicyclic) bond motifs is 6. The van der Waals surface area contributed by atoms with Crippen molar-refractivity contribution in [2.24, 2.45) is 0 Å². The average molecular weight is 611 g/mol. The topological polar surface area (TPSA) is 38.0 Å². The van der Waals surface area contributed by atoms with E-state index in [1.54, 1.807) is 0 Å². The quantitative estimate of drug-likeness (QED) is 0.183. The first kappa shape index (κ1) is 27.4. The van der Waals surface area contributed by atoms with E-state index in [9.17, 15) is 5.26 Å². The summed E-state index contributed by atoms with van der Waals surface area (Å²) in [7, 11) is 0. The van der Waals surface area contributed by atoms with Crippen LogP contribution in [0.3, 0.4) is 0 Å². The molecule has 9 aromatic rings. The van der Waals surface area contributed by atoms with Gasteiger partial charge in [-0.3, -0.25) is 0 Å². The summed E-state index contributed by atoms with van der Waals surface area (Å²) in [6.07, 6.45) is 0. The van der Waals surface area contributed by atoms with Crippen LogP contribution in [0.4, 0.5) is 5.69 Å². The van der Waals surface area contributed by atoms with Gasteiger partial charge in [-0.15, -0.1) is 0 Å². The van der Waals surface area contributed by atoms with E-state index >= 15 is 0 Å². The standard InChI is InChI=1S/C44H26N4/c1-46-32-14-9-13-31(26-32)35-19-10-18-34(30-12-8-11-29(25-30)28-45)44(35)48-42-22-7-4-17-38(42)39-27-33(23-24-43(39)48)47-40-20-5-2-15-36(40)37-16-3-6-21-41(37)47/h2-27H. The Morgan fingerprint density at radius 2 is 1.02 bits per heavy atom. The maximum absolute atomic E-state index is 9.79. The highest BCUT2D eigenvalue weighted by molar-refractivity contribution is 6.13. The smallest absolute Gasteiger partial charge is 0.187 e. The van der Waals surface area contributed by atoms with Crippen LogP contribution in [0.15, 0.2) is 158 Å². The summed E-state index contributed by atoms with van der Waals surface area (Å²) in [4.78, 5) is 3.73. The minimum Gasteiger partial charge on any atom is -0.309 e. The molecule has 2 aromatic heterocycles. The molecule has 222 valence electrons. The van der Waals surface area contributed by atoms with E-state index in [4.69, 9.17) is 6.57 Å². The van der Waals surface area contributed by atoms with Gasteiger partial charge in [0.25, 0.3) is 0 Å². The molecule has 0 bridgehead atoms. The van der Waals surface area contributed by atoms with Gasteiger partial charge in [-0.05, 0) is 65.7 Å². The lowest BCUT2D eigenvalue weighted by molar-refractivity contribution is 1.17. The number of aromatic nitrogens is 2. The molecule has 2 heterocycles. The molecule has 0 saturated carbocycles. The molecule has 0 fully saturated rings. The number of benzene rings is 7. The molecule has 7 aromatic carbocycles. The van der Waals surface area contributed by atoms with Gasteiger partial charge in [0.05, 0.1) is 46.0 Å². The van der Waals surface area contributed by atoms with Crippen LogP contribution < -0.4 is 0 Å². The summed E-state index contributed by atoms with van der Waals surface area (Å²) in [5.41, 5.74) is 11.7. The van der Waals surface area contributed by atoms with E-state index < -0.39 is 0 Å². The average Bonchev–Trinajstić information content (AvgIpc) is 3.67. The zero-order valence-corrected chi connectivity index (χ0v) is 25.8. The summed E-state index contributed by atoms with van der Waals surface area (Å²) in [6.45, 7) is 7.70. The fourth-order valence-electron chi connectivity index (χ4n) is 7.29. The van der Waals surface area contributed by atoms with E-state index in [0.717, 1.165) is 55.4 Å². The maximum Gasteiger partial charge on any atom is 0.187 e. The molecule has 0 saturated heterocycles. The molecular formula is C44H26N4. The minimum atomic E-state index is 0.591. The second-order valence-electron chi connectivity index (χ2n) is 12.0. The molecule has 0 aliphatic heterocycles. The molecule has 4 heteroatoms. The van der Waals surface area contributed by atoms with Crippen LogP contribution in [-0.2, 0) is 0 Å². The first-order valence-corrected chi connectivity index (χ1v) is 15.9. The summed E-state index contributed by atoms with van der Waals surface area (Å²) in [6, 6.07) is 56.7. The van der Waals surface area contributed by atoms with E-state index in [1.165, 1.54) is 21.8 Å².